The van der Waals surface area contributed by atoms with Gasteiger partial charge in [0.1, 0.15) is 18.1 Å². The first-order valence-corrected chi connectivity index (χ1v) is 18.2. The highest BCUT2D eigenvalue weighted by atomic mass is 16.2. The van der Waals surface area contributed by atoms with Crippen LogP contribution in [0.1, 0.15) is 54.0 Å². The lowest BCUT2D eigenvalue weighted by molar-refractivity contribution is -0.138. The van der Waals surface area contributed by atoms with Crippen LogP contribution in [-0.2, 0) is 25.6 Å². The molecule has 0 aliphatic carbocycles. The number of likely N-dealkylation sites (tertiary alicyclic amines) is 2. The van der Waals surface area contributed by atoms with Crippen LogP contribution in [0.15, 0.2) is 109 Å². The summed E-state index contributed by atoms with van der Waals surface area (Å²) in [5.41, 5.74) is 4.75. The van der Waals surface area contributed by atoms with Crippen LogP contribution in [0.2, 0.25) is 0 Å². The van der Waals surface area contributed by atoms with Crippen molar-refractivity contribution in [3.8, 4) is 11.8 Å². The van der Waals surface area contributed by atoms with Crippen molar-refractivity contribution in [1.82, 2.24) is 20.4 Å². The zero-order chi connectivity index (χ0) is 37.2. The predicted molar refractivity (Wildman–Crippen MR) is 207 cm³/mol. The van der Waals surface area contributed by atoms with Crippen molar-refractivity contribution >= 4 is 35.0 Å². The Bertz CT molecular complexity index is 1940. The van der Waals surface area contributed by atoms with E-state index in [1.165, 1.54) is 0 Å². The minimum absolute atomic E-state index is 0.0654. The van der Waals surface area contributed by atoms with Crippen molar-refractivity contribution < 1.29 is 19.2 Å². The lowest BCUT2D eigenvalue weighted by atomic mass is 10.0. The summed E-state index contributed by atoms with van der Waals surface area (Å²) in [4.78, 5) is 56.9. The minimum atomic E-state index is -0.537. The fourth-order valence-corrected chi connectivity index (χ4v) is 7.08. The van der Waals surface area contributed by atoms with Crippen LogP contribution in [0.25, 0.3) is 0 Å². The molecule has 2 fully saturated rings. The van der Waals surface area contributed by atoms with Crippen LogP contribution < -0.4 is 21.3 Å². The fourth-order valence-electron chi connectivity index (χ4n) is 7.08. The summed E-state index contributed by atoms with van der Waals surface area (Å²) in [5, 5.41) is 12.2. The fraction of sp³-hybridized carbons (Fsp3) is 0.302. The van der Waals surface area contributed by atoms with Crippen molar-refractivity contribution in [2.24, 2.45) is 0 Å². The molecule has 10 nitrogen and oxygen atoms in total. The standard InChI is InChI=1S/C43H46N6O4/c1-44-36(29-32-11-5-3-6-12-32)42(52)48-27-9-15-37(48)40(50)46-34-23-19-30(20-24-34)17-18-31-21-25-35(26-22-31)47-41(51)38-16-10-28-49(38)43(53)39(45-2)33-13-7-4-8-14-33/h3-8,11-14,19-26,36-39,44-45H,9-10,15-16,27-29H2,1-2H3,(H,46,50)(H,47,51)/t36-,37+,38+,39-/m1/s1. The summed E-state index contributed by atoms with van der Waals surface area (Å²) >= 11 is 0. The predicted octanol–water partition coefficient (Wildman–Crippen LogP) is 4.74. The van der Waals surface area contributed by atoms with Crippen LogP contribution in [0, 0.1) is 11.8 Å². The van der Waals surface area contributed by atoms with Crippen LogP contribution in [0.3, 0.4) is 0 Å². The molecule has 0 spiro atoms. The largest absolute Gasteiger partial charge is 0.329 e. The molecule has 4 aromatic rings. The SMILES string of the molecule is CN[C@H](Cc1ccccc1)C(=O)N1CCC[C@H]1C(=O)Nc1ccc(C#Cc2ccc(NC(=O)[C@@H]3CCCN3C(=O)[C@H](NC)c3ccccc3)cc2)cc1. The Hall–Kier alpha value is -5.76. The molecule has 6 rings (SSSR count). The molecule has 272 valence electrons. The number of nitrogens with zero attached hydrogens (tertiary/aromatic N) is 2. The molecule has 2 aliphatic rings. The molecule has 4 amide bonds. The monoisotopic (exact) mass is 710 g/mol. The molecule has 4 atom stereocenters. The highest BCUT2D eigenvalue weighted by molar-refractivity contribution is 5.99. The van der Waals surface area contributed by atoms with Gasteiger partial charge >= 0.3 is 0 Å². The molecular formula is C43H46N6O4. The molecule has 0 radical (unpaired) electrons. The molecule has 53 heavy (non-hydrogen) atoms. The maximum Gasteiger partial charge on any atom is 0.247 e. The third-order valence-corrected chi connectivity index (χ3v) is 9.93. The average molecular weight is 711 g/mol. The van der Waals surface area contributed by atoms with E-state index in [1.54, 1.807) is 36.0 Å². The minimum Gasteiger partial charge on any atom is -0.329 e. The van der Waals surface area contributed by atoms with E-state index in [1.807, 2.05) is 97.1 Å². The van der Waals surface area contributed by atoms with Crippen molar-refractivity contribution in [1.29, 1.82) is 0 Å². The van der Waals surface area contributed by atoms with Crippen LogP contribution in [-0.4, -0.2) is 78.7 Å². The van der Waals surface area contributed by atoms with E-state index in [4.69, 9.17) is 0 Å². The Morgan fingerprint density at radius 1 is 0.623 bits per heavy atom. The number of nitrogens with one attached hydrogen (secondary N) is 4. The number of likely N-dealkylation sites (N-methyl/N-ethyl adjacent to an activating group) is 2. The van der Waals surface area contributed by atoms with Gasteiger partial charge in [-0.3, -0.25) is 19.2 Å². The highest BCUT2D eigenvalue weighted by Crippen LogP contribution is 2.25. The van der Waals surface area contributed by atoms with Gasteiger partial charge in [0.05, 0.1) is 6.04 Å². The number of amides is 4. The Balaban J connectivity index is 1.01. The Labute approximate surface area is 311 Å². The van der Waals surface area contributed by atoms with Gasteiger partial charge in [0.15, 0.2) is 0 Å². The smallest absolute Gasteiger partial charge is 0.247 e. The molecule has 10 heteroatoms. The van der Waals surface area contributed by atoms with E-state index >= 15 is 0 Å². The molecule has 0 saturated carbocycles. The van der Waals surface area contributed by atoms with Crippen LogP contribution >= 0.6 is 0 Å². The van der Waals surface area contributed by atoms with Gasteiger partial charge < -0.3 is 31.1 Å². The zero-order valence-electron chi connectivity index (χ0n) is 30.2. The van der Waals surface area contributed by atoms with Crippen molar-refractivity contribution in [2.45, 2.75) is 56.3 Å². The Morgan fingerprint density at radius 2 is 1.09 bits per heavy atom. The number of carbonyl (C=O) groups excluding carboxylic acids is 4. The number of rotatable bonds is 11. The van der Waals surface area contributed by atoms with Crippen LogP contribution in [0.5, 0.6) is 0 Å². The van der Waals surface area contributed by atoms with E-state index in [0.29, 0.717) is 43.7 Å². The highest BCUT2D eigenvalue weighted by Gasteiger charge is 2.38. The van der Waals surface area contributed by atoms with E-state index < -0.39 is 24.2 Å². The molecule has 0 bridgehead atoms. The Kier molecular flexibility index (Phi) is 12.3. The third kappa shape index (κ3) is 9.19. The van der Waals surface area contributed by atoms with Gasteiger partial charge in [-0.1, -0.05) is 72.5 Å². The second-order valence-corrected chi connectivity index (χ2v) is 13.4. The molecule has 0 unspecified atom stereocenters. The second-order valence-electron chi connectivity index (χ2n) is 13.4. The van der Waals surface area contributed by atoms with E-state index in [-0.39, 0.29) is 23.6 Å². The van der Waals surface area contributed by atoms with Gasteiger partial charge in [0.25, 0.3) is 0 Å². The van der Waals surface area contributed by atoms with E-state index in [9.17, 15) is 19.2 Å². The normalized spacial score (nSPS) is 17.7. The van der Waals surface area contributed by atoms with Crippen LogP contribution in [0.4, 0.5) is 11.4 Å². The topological polar surface area (TPSA) is 123 Å². The first-order valence-electron chi connectivity index (χ1n) is 18.2. The summed E-state index contributed by atoms with van der Waals surface area (Å²) in [6.07, 6.45) is 3.33. The van der Waals surface area contributed by atoms with Gasteiger partial charge in [0.2, 0.25) is 23.6 Å². The molecule has 4 N–H and O–H groups in total. The average Bonchev–Trinajstić information content (AvgIpc) is 3.90. The number of benzene rings is 4. The second kappa shape index (κ2) is 17.6. The summed E-state index contributed by atoms with van der Waals surface area (Å²) < 4.78 is 0. The van der Waals surface area contributed by atoms with Gasteiger partial charge in [-0.05, 0) is 106 Å². The molecule has 2 heterocycles. The maximum absolute atomic E-state index is 13.4. The van der Waals surface area contributed by atoms with Gasteiger partial charge in [0, 0.05) is 35.6 Å². The number of hydrogen-bond acceptors (Lipinski definition) is 6. The molecule has 4 aromatic carbocycles. The molecule has 2 saturated heterocycles. The van der Waals surface area contributed by atoms with Gasteiger partial charge in [-0.25, -0.2) is 0 Å². The van der Waals surface area contributed by atoms with Crippen molar-refractivity contribution in [3.05, 3.63) is 131 Å². The molecule has 0 aromatic heterocycles. The quantitative estimate of drug-likeness (QED) is 0.167. The van der Waals surface area contributed by atoms with E-state index in [0.717, 1.165) is 35.1 Å². The number of hydrogen-bond donors (Lipinski definition) is 4. The Morgan fingerprint density at radius 3 is 1.57 bits per heavy atom. The first-order chi connectivity index (χ1) is 25.8. The number of anilines is 2. The van der Waals surface area contributed by atoms with Gasteiger partial charge in [-0.2, -0.15) is 0 Å². The summed E-state index contributed by atoms with van der Waals surface area (Å²) in [6.45, 7) is 1.09. The maximum atomic E-state index is 13.4. The lowest BCUT2D eigenvalue weighted by Gasteiger charge is -2.28. The lowest BCUT2D eigenvalue weighted by Crippen LogP contribution is -2.51. The van der Waals surface area contributed by atoms with Crippen molar-refractivity contribution in [2.75, 3.05) is 37.8 Å². The summed E-state index contributed by atoms with van der Waals surface area (Å²) in [5.74, 6) is 5.72. The molecular weight excluding hydrogens is 665 g/mol. The molecule has 2 aliphatic heterocycles. The van der Waals surface area contributed by atoms with E-state index in [2.05, 4.69) is 33.1 Å². The third-order valence-electron chi connectivity index (χ3n) is 9.93. The zero-order valence-corrected chi connectivity index (χ0v) is 30.2. The van der Waals surface area contributed by atoms with Gasteiger partial charge in [-0.15, -0.1) is 0 Å². The number of carbonyl (C=O) groups is 4. The van der Waals surface area contributed by atoms with Crippen molar-refractivity contribution in [3.63, 3.8) is 0 Å². The first kappa shape index (κ1) is 37.0. The summed E-state index contributed by atoms with van der Waals surface area (Å²) in [6, 6.07) is 32.0. The summed E-state index contributed by atoms with van der Waals surface area (Å²) in [7, 11) is 3.53.